The Hall–Kier alpha value is -1.86. The largest absolute Gasteiger partial charge is 0.0622 e. The average molecular weight is 335 g/mol. The Morgan fingerprint density at radius 1 is 0.714 bits per heavy atom. The van der Waals surface area contributed by atoms with E-state index >= 15 is 0 Å². The minimum atomic E-state index is -0.0863. The number of hydrogen-bond acceptors (Lipinski definition) is 0. The summed E-state index contributed by atoms with van der Waals surface area (Å²) in [4.78, 5) is 0. The van der Waals surface area contributed by atoms with Crippen molar-refractivity contribution < 1.29 is 0 Å². The third-order valence-corrected chi connectivity index (χ3v) is 5.30. The lowest BCUT2D eigenvalue weighted by molar-refractivity contribution is 0.713. The van der Waals surface area contributed by atoms with Crippen molar-refractivity contribution in [3.05, 3.63) is 94.0 Å². The summed E-state index contributed by atoms with van der Waals surface area (Å²) in [6.45, 7) is 2.33. The minimum Gasteiger partial charge on any atom is -0.0622 e. The molecule has 0 fully saturated rings. The molecule has 1 aliphatic rings. The van der Waals surface area contributed by atoms with Crippen LogP contribution in [0.25, 0.3) is 11.1 Å². The molecular formula is C20H15Br. The van der Waals surface area contributed by atoms with Gasteiger partial charge in [-0.1, -0.05) is 82.7 Å². The fraction of sp³-hybridized carbons (Fsp3) is 0.100. The van der Waals surface area contributed by atoms with Gasteiger partial charge < -0.3 is 0 Å². The van der Waals surface area contributed by atoms with Crippen LogP contribution in [-0.2, 0) is 5.41 Å². The summed E-state index contributed by atoms with van der Waals surface area (Å²) in [6, 6.07) is 26.1. The summed E-state index contributed by atoms with van der Waals surface area (Å²) in [7, 11) is 0. The normalized spacial score (nSPS) is 19.1. The third-order valence-electron chi connectivity index (χ3n) is 4.64. The fourth-order valence-corrected chi connectivity index (χ4v) is 4.16. The second-order valence-electron chi connectivity index (χ2n) is 5.70. The molecule has 0 spiro atoms. The van der Waals surface area contributed by atoms with Crippen molar-refractivity contribution in [3.8, 4) is 11.1 Å². The second kappa shape index (κ2) is 4.57. The van der Waals surface area contributed by atoms with Crippen LogP contribution < -0.4 is 0 Å². The van der Waals surface area contributed by atoms with E-state index in [0.717, 1.165) is 0 Å². The summed E-state index contributed by atoms with van der Waals surface area (Å²) in [5.74, 6) is 0. The summed E-state index contributed by atoms with van der Waals surface area (Å²) in [6.07, 6.45) is 0. The summed E-state index contributed by atoms with van der Waals surface area (Å²) in [5.41, 5.74) is 6.69. The smallest absolute Gasteiger partial charge is 0.0435 e. The molecule has 102 valence electrons. The van der Waals surface area contributed by atoms with Crippen LogP contribution >= 0.6 is 15.9 Å². The van der Waals surface area contributed by atoms with E-state index in [1.807, 2.05) is 0 Å². The topological polar surface area (TPSA) is 0 Å². The number of halogens is 1. The average Bonchev–Trinajstić information content (AvgIpc) is 2.81. The first-order valence-electron chi connectivity index (χ1n) is 7.17. The van der Waals surface area contributed by atoms with E-state index in [4.69, 9.17) is 0 Å². The number of hydrogen-bond donors (Lipinski definition) is 0. The van der Waals surface area contributed by atoms with Gasteiger partial charge in [0.05, 0.1) is 0 Å². The zero-order chi connectivity index (χ0) is 14.4. The van der Waals surface area contributed by atoms with Crippen LogP contribution in [0.4, 0.5) is 0 Å². The molecule has 0 saturated heterocycles. The van der Waals surface area contributed by atoms with Gasteiger partial charge in [0.1, 0.15) is 0 Å². The van der Waals surface area contributed by atoms with Gasteiger partial charge in [0.15, 0.2) is 0 Å². The van der Waals surface area contributed by atoms with E-state index in [0.29, 0.717) is 0 Å². The maximum Gasteiger partial charge on any atom is 0.0435 e. The van der Waals surface area contributed by atoms with Crippen molar-refractivity contribution >= 4 is 15.9 Å². The fourth-order valence-electron chi connectivity index (χ4n) is 3.58. The van der Waals surface area contributed by atoms with Gasteiger partial charge in [0.2, 0.25) is 0 Å². The summed E-state index contributed by atoms with van der Waals surface area (Å²) < 4.78 is 1.17. The molecule has 3 aromatic carbocycles. The lowest BCUT2D eigenvalue weighted by atomic mass is 9.74. The molecule has 4 rings (SSSR count). The van der Waals surface area contributed by atoms with E-state index in [1.54, 1.807) is 0 Å². The van der Waals surface area contributed by atoms with Gasteiger partial charge in [-0.3, -0.25) is 0 Å². The van der Waals surface area contributed by atoms with Crippen molar-refractivity contribution in [2.45, 2.75) is 12.3 Å². The predicted octanol–water partition coefficient (Wildman–Crippen LogP) is 5.78. The molecule has 0 radical (unpaired) electrons. The molecule has 0 aromatic heterocycles. The minimum absolute atomic E-state index is 0.0863. The summed E-state index contributed by atoms with van der Waals surface area (Å²) >= 11 is 3.74. The van der Waals surface area contributed by atoms with Crippen LogP contribution in [0.2, 0.25) is 0 Å². The van der Waals surface area contributed by atoms with Crippen LogP contribution in [0.5, 0.6) is 0 Å². The molecule has 3 aromatic rings. The van der Waals surface area contributed by atoms with Gasteiger partial charge in [-0.2, -0.15) is 0 Å². The van der Waals surface area contributed by atoms with Crippen molar-refractivity contribution in [1.82, 2.24) is 0 Å². The van der Waals surface area contributed by atoms with E-state index < -0.39 is 0 Å². The monoisotopic (exact) mass is 334 g/mol. The number of fused-ring (bicyclic) bond motifs is 3. The van der Waals surface area contributed by atoms with Gasteiger partial charge in [0.25, 0.3) is 0 Å². The van der Waals surface area contributed by atoms with E-state index in [9.17, 15) is 0 Å². The molecule has 0 saturated carbocycles. The first-order chi connectivity index (χ1) is 10.2. The van der Waals surface area contributed by atoms with Crippen molar-refractivity contribution in [2.24, 2.45) is 0 Å². The molecule has 0 N–H and O–H groups in total. The van der Waals surface area contributed by atoms with E-state index in [1.165, 1.54) is 32.3 Å². The Morgan fingerprint density at radius 3 is 2.19 bits per heavy atom. The molecule has 0 unspecified atom stereocenters. The highest BCUT2D eigenvalue weighted by Crippen LogP contribution is 2.54. The number of rotatable bonds is 1. The standard InChI is InChI=1S/C20H15Br/c1-20(14-8-3-2-4-9-14)16-11-6-5-10-15(16)19-17(20)12-7-13-18(19)21/h2-13H,1H3/t20-/m0/s1. The second-order valence-corrected chi connectivity index (χ2v) is 6.55. The van der Waals surface area contributed by atoms with Crippen molar-refractivity contribution in [3.63, 3.8) is 0 Å². The molecule has 1 heteroatoms. The van der Waals surface area contributed by atoms with Crippen LogP contribution in [0, 0.1) is 0 Å². The van der Waals surface area contributed by atoms with Gasteiger partial charge in [0, 0.05) is 15.5 Å². The highest BCUT2D eigenvalue weighted by molar-refractivity contribution is 9.10. The van der Waals surface area contributed by atoms with Crippen LogP contribution in [0.15, 0.2) is 77.3 Å². The molecule has 0 amide bonds. The Kier molecular flexibility index (Phi) is 2.80. The van der Waals surface area contributed by atoms with Gasteiger partial charge in [-0.25, -0.2) is 0 Å². The Balaban J connectivity index is 2.13. The molecule has 0 bridgehead atoms. The molecule has 1 aliphatic carbocycles. The van der Waals surface area contributed by atoms with Gasteiger partial charge in [-0.05, 0) is 35.2 Å². The lowest BCUT2D eigenvalue weighted by Crippen LogP contribution is -2.22. The first-order valence-corrected chi connectivity index (χ1v) is 7.96. The van der Waals surface area contributed by atoms with Gasteiger partial charge >= 0.3 is 0 Å². The van der Waals surface area contributed by atoms with Crippen LogP contribution in [0.3, 0.4) is 0 Å². The third kappa shape index (κ3) is 1.67. The van der Waals surface area contributed by atoms with Crippen LogP contribution in [0.1, 0.15) is 23.6 Å². The van der Waals surface area contributed by atoms with E-state index in [-0.39, 0.29) is 5.41 Å². The SMILES string of the molecule is C[C@]1(c2ccccc2)c2ccccc2-c2c(Br)cccc21. The highest BCUT2D eigenvalue weighted by atomic mass is 79.9. The maximum absolute atomic E-state index is 3.74. The van der Waals surface area contributed by atoms with Crippen LogP contribution in [-0.4, -0.2) is 0 Å². The van der Waals surface area contributed by atoms with Gasteiger partial charge in [-0.15, -0.1) is 0 Å². The summed E-state index contributed by atoms with van der Waals surface area (Å²) in [5, 5.41) is 0. The Bertz CT molecular complexity index is 820. The van der Waals surface area contributed by atoms with Crippen molar-refractivity contribution in [1.29, 1.82) is 0 Å². The molecule has 0 aliphatic heterocycles. The lowest BCUT2D eigenvalue weighted by Gasteiger charge is -2.28. The highest BCUT2D eigenvalue weighted by Gasteiger charge is 2.41. The molecule has 0 heterocycles. The predicted molar refractivity (Wildman–Crippen MR) is 91.6 cm³/mol. The molecule has 0 nitrogen and oxygen atoms in total. The van der Waals surface area contributed by atoms with E-state index in [2.05, 4.69) is 95.7 Å². The zero-order valence-electron chi connectivity index (χ0n) is 11.8. The quantitative estimate of drug-likeness (QED) is 0.528. The maximum atomic E-state index is 3.74. The first kappa shape index (κ1) is 12.8. The zero-order valence-corrected chi connectivity index (χ0v) is 13.4. The Labute approximate surface area is 133 Å². The molecular weight excluding hydrogens is 320 g/mol. The molecule has 21 heavy (non-hydrogen) atoms. The number of benzene rings is 3. The molecule has 1 atom stereocenters. The van der Waals surface area contributed by atoms with Crippen molar-refractivity contribution in [2.75, 3.05) is 0 Å². The Morgan fingerprint density at radius 2 is 1.38 bits per heavy atom.